The molecule has 0 spiro atoms. The first-order valence-electron chi connectivity index (χ1n) is 14.2. The van der Waals surface area contributed by atoms with Crippen molar-refractivity contribution in [3.8, 4) is 22.8 Å². The van der Waals surface area contributed by atoms with Gasteiger partial charge < -0.3 is 24.9 Å². The van der Waals surface area contributed by atoms with Crippen LogP contribution in [0.15, 0.2) is 72.0 Å². The van der Waals surface area contributed by atoms with E-state index in [1.165, 1.54) is 0 Å². The van der Waals surface area contributed by atoms with Crippen molar-refractivity contribution in [3.05, 3.63) is 83.0 Å². The van der Waals surface area contributed by atoms with Gasteiger partial charge >= 0.3 is 0 Å². The number of nitrogens with two attached hydrogens (primary N) is 1. The van der Waals surface area contributed by atoms with Gasteiger partial charge in [-0.05, 0) is 48.9 Å². The number of hydrogen-bond donors (Lipinski definition) is 2. The van der Waals surface area contributed by atoms with Crippen molar-refractivity contribution in [1.82, 2.24) is 29.1 Å². The Bertz CT molecular complexity index is 1790. The maximum Gasteiger partial charge on any atom is 0.230 e. The lowest BCUT2D eigenvalue weighted by atomic mass is 10.1. The lowest BCUT2D eigenvalue weighted by molar-refractivity contribution is -0.115. The molecule has 0 saturated carbocycles. The fraction of sp³-hybridized carbons (Fsp3) is 0.290. The van der Waals surface area contributed by atoms with Crippen LogP contribution in [0.5, 0.6) is 0 Å². The normalized spacial score (nSPS) is 11.6. The van der Waals surface area contributed by atoms with Gasteiger partial charge in [0.1, 0.15) is 35.4 Å². The van der Waals surface area contributed by atoms with E-state index in [9.17, 15) is 9.59 Å². The van der Waals surface area contributed by atoms with E-state index < -0.39 is 8.07 Å². The van der Waals surface area contributed by atoms with E-state index >= 15 is 0 Å². The second kappa shape index (κ2) is 12.7. The molecule has 5 heterocycles. The lowest BCUT2D eigenvalue weighted by Crippen LogP contribution is -2.22. The van der Waals surface area contributed by atoms with E-state index in [-0.39, 0.29) is 24.5 Å². The van der Waals surface area contributed by atoms with Crippen LogP contribution in [0.3, 0.4) is 0 Å². The van der Waals surface area contributed by atoms with Crippen LogP contribution in [0.25, 0.3) is 33.8 Å². The Labute approximate surface area is 250 Å². The summed E-state index contributed by atoms with van der Waals surface area (Å²) in [7, 11) is -1.22. The topological polar surface area (TPSA) is 143 Å². The van der Waals surface area contributed by atoms with Crippen molar-refractivity contribution in [1.29, 1.82) is 0 Å². The number of ether oxygens (including phenoxy) is 1. The molecule has 0 fully saturated rings. The second-order valence-corrected chi connectivity index (χ2v) is 17.1. The molecule has 5 aromatic rings. The third-order valence-electron chi connectivity index (χ3n) is 7.02. The Morgan fingerprint density at radius 3 is 2.53 bits per heavy atom. The Hall–Kier alpha value is -4.68. The molecule has 0 aliphatic rings. The van der Waals surface area contributed by atoms with E-state index in [0.717, 1.165) is 11.6 Å². The summed E-state index contributed by atoms with van der Waals surface area (Å²) >= 11 is 0. The van der Waals surface area contributed by atoms with E-state index in [1.807, 2.05) is 34.3 Å². The molecule has 222 valence electrons. The van der Waals surface area contributed by atoms with Gasteiger partial charge in [0.05, 0.1) is 23.2 Å². The largest absolute Gasteiger partial charge is 0.384 e. The van der Waals surface area contributed by atoms with Crippen LogP contribution in [0, 0.1) is 0 Å². The second-order valence-electron chi connectivity index (χ2n) is 11.5. The number of anilines is 2. The van der Waals surface area contributed by atoms with E-state index in [0.29, 0.717) is 58.6 Å². The maximum absolute atomic E-state index is 13.8. The third-order valence-corrected chi connectivity index (χ3v) is 8.72. The summed E-state index contributed by atoms with van der Waals surface area (Å²) < 4.78 is 9.55. The summed E-state index contributed by atoms with van der Waals surface area (Å²) in [6.07, 6.45) is 6.87. The summed E-state index contributed by atoms with van der Waals surface area (Å²) in [5, 5.41) is 3.21. The van der Waals surface area contributed by atoms with Gasteiger partial charge in [-0.3, -0.25) is 14.6 Å². The zero-order valence-corrected chi connectivity index (χ0v) is 25.9. The van der Waals surface area contributed by atoms with Crippen LogP contribution < -0.4 is 16.5 Å². The minimum absolute atomic E-state index is 0.156. The maximum atomic E-state index is 13.8. The van der Waals surface area contributed by atoms with Gasteiger partial charge in [0.25, 0.3) is 0 Å². The van der Waals surface area contributed by atoms with Crippen LogP contribution in [0.4, 0.5) is 11.6 Å². The van der Waals surface area contributed by atoms with Crippen molar-refractivity contribution < 1.29 is 9.53 Å². The number of carbonyl (C=O) groups excluding carboxylic acids is 1. The third kappa shape index (κ3) is 6.87. The zero-order chi connectivity index (χ0) is 30.6. The van der Waals surface area contributed by atoms with Crippen LogP contribution in [-0.4, -0.2) is 49.7 Å². The molecule has 5 aromatic heterocycles. The van der Waals surface area contributed by atoms with Crippen LogP contribution >= 0.6 is 0 Å². The quantitative estimate of drug-likeness (QED) is 0.163. The molecule has 0 saturated heterocycles. The fourth-order valence-corrected chi connectivity index (χ4v) is 5.44. The molecule has 0 aliphatic heterocycles. The van der Waals surface area contributed by atoms with Gasteiger partial charge in [-0.25, -0.2) is 15.0 Å². The highest BCUT2D eigenvalue weighted by molar-refractivity contribution is 6.76. The molecule has 3 N–H and O–H groups in total. The van der Waals surface area contributed by atoms with Crippen LogP contribution in [0.1, 0.15) is 12.5 Å². The SMILES string of the molecule is CCn1c(N)c(-c2nccn2COCC[Si](C)(C)C)c(=O)c2ccc(-c3ccc(CC(=O)Nc4ccccn4)cn3)nc21. The van der Waals surface area contributed by atoms with E-state index in [1.54, 1.807) is 49.1 Å². The number of fused-ring (bicyclic) bond motifs is 1. The van der Waals surface area contributed by atoms with Crippen molar-refractivity contribution in [3.63, 3.8) is 0 Å². The lowest BCUT2D eigenvalue weighted by Gasteiger charge is -2.18. The number of imidazole rings is 1. The first kappa shape index (κ1) is 29.8. The van der Waals surface area contributed by atoms with Gasteiger partial charge in [0.15, 0.2) is 0 Å². The Kier molecular flexibility index (Phi) is 8.78. The summed E-state index contributed by atoms with van der Waals surface area (Å²) in [5.74, 6) is 1.07. The van der Waals surface area contributed by atoms with Crippen LogP contribution in [-0.2, 0) is 29.2 Å². The smallest absolute Gasteiger partial charge is 0.230 e. The number of aromatic nitrogens is 6. The number of hydrogen-bond acceptors (Lipinski definition) is 8. The standard InChI is InChI=1S/C31H36N8O3Si/c1-5-39-29(32)27(31-34-14-15-38(31)20-42-16-17-43(2,3)4)28(41)22-10-12-24(36-30(22)39)23-11-9-21(19-35-23)18-26(40)37-25-8-6-7-13-33-25/h6-15,19H,5,16-18,20,32H2,1-4H3,(H,33,37,40). The molecule has 0 atom stereocenters. The van der Waals surface area contributed by atoms with Gasteiger partial charge in [-0.2, -0.15) is 0 Å². The summed E-state index contributed by atoms with van der Waals surface area (Å²) in [6, 6.07) is 13.5. The van der Waals surface area contributed by atoms with Crippen molar-refractivity contribution >= 4 is 36.7 Å². The summed E-state index contributed by atoms with van der Waals surface area (Å²) in [5.41, 5.74) is 9.12. The predicted molar refractivity (Wildman–Crippen MR) is 171 cm³/mol. The first-order valence-corrected chi connectivity index (χ1v) is 17.9. The molecule has 43 heavy (non-hydrogen) atoms. The van der Waals surface area contributed by atoms with Gasteiger partial charge in [0, 0.05) is 46.0 Å². The summed E-state index contributed by atoms with van der Waals surface area (Å²) in [4.78, 5) is 44.1. The minimum atomic E-state index is -1.22. The highest BCUT2D eigenvalue weighted by Gasteiger charge is 2.21. The number of nitrogens with one attached hydrogen (secondary N) is 1. The first-order chi connectivity index (χ1) is 20.6. The number of rotatable bonds is 11. The molecule has 0 aromatic carbocycles. The number of nitrogens with zero attached hydrogens (tertiary/aromatic N) is 6. The Morgan fingerprint density at radius 1 is 1.02 bits per heavy atom. The minimum Gasteiger partial charge on any atom is -0.384 e. The molecule has 1 amide bonds. The number of carbonyl (C=O) groups is 1. The molecule has 0 radical (unpaired) electrons. The molecule has 0 bridgehead atoms. The zero-order valence-electron chi connectivity index (χ0n) is 24.9. The predicted octanol–water partition coefficient (Wildman–Crippen LogP) is 4.81. The van der Waals surface area contributed by atoms with E-state index in [4.69, 9.17) is 15.5 Å². The van der Waals surface area contributed by atoms with Gasteiger partial charge in [-0.15, -0.1) is 0 Å². The Morgan fingerprint density at radius 2 is 1.84 bits per heavy atom. The average Bonchev–Trinajstić information content (AvgIpc) is 3.44. The number of amides is 1. The molecular weight excluding hydrogens is 560 g/mol. The number of pyridine rings is 4. The number of nitrogen functional groups attached to an aromatic ring is 1. The average molecular weight is 597 g/mol. The van der Waals surface area contributed by atoms with Crippen molar-refractivity contribution in [2.45, 2.75) is 52.3 Å². The van der Waals surface area contributed by atoms with Gasteiger partial charge in [0.2, 0.25) is 11.3 Å². The highest BCUT2D eigenvalue weighted by Crippen LogP contribution is 2.27. The molecular formula is C31H36N8O3Si. The van der Waals surface area contributed by atoms with Crippen molar-refractivity contribution in [2.75, 3.05) is 17.7 Å². The van der Waals surface area contributed by atoms with Gasteiger partial charge in [-0.1, -0.05) is 31.8 Å². The highest BCUT2D eigenvalue weighted by atomic mass is 28.3. The molecule has 0 aliphatic carbocycles. The summed E-state index contributed by atoms with van der Waals surface area (Å²) in [6.45, 7) is 10.3. The monoisotopic (exact) mass is 596 g/mol. The van der Waals surface area contributed by atoms with Crippen molar-refractivity contribution in [2.24, 2.45) is 0 Å². The van der Waals surface area contributed by atoms with Crippen LogP contribution in [0.2, 0.25) is 25.7 Å². The Balaban J connectivity index is 1.40. The molecule has 5 rings (SSSR count). The molecule has 11 nitrogen and oxygen atoms in total. The molecule has 12 heteroatoms. The van der Waals surface area contributed by atoms with E-state index in [2.05, 4.69) is 39.9 Å². The molecule has 0 unspecified atom stereocenters. The number of aryl methyl sites for hydroxylation is 1. The fourth-order valence-electron chi connectivity index (χ4n) is 4.68.